The summed E-state index contributed by atoms with van der Waals surface area (Å²) in [6.45, 7) is 4.44. The van der Waals surface area contributed by atoms with E-state index in [-0.39, 0.29) is 23.9 Å². The Morgan fingerprint density at radius 3 is 3.05 bits per heavy atom. The second kappa shape index (κ2) is 6.16. The first-order valence-electron chi connectivity index (χ1n) is 7.62. The van der Waals surface area contributed by atoms with E-state index in [1.165, 1.54) is 0 Å². The molecule has 0 spiro atoms. The second-order valence-electron chi connectivity index (χ2n) is 6.05. The maximum Gasteiger partial charge on any atom is 0.317 e. The summed E-state index contributed by atoms with van der Waals surface area (Å²) in [5, 5.41) is 3.53. The molecule has 5 nitrogen and oxygen atoms in total. The van der Waals surface area contributed by atoms with Crippen LogP contribution in [0.25, 0.3) is 0 Å². The van der Waals surface area contributed by atoms with Crippen molar-refractivity contribution in [3.05, 3.63) is 34.9 Å². The molecule has 1 aromatic carbocycles. The molecule has 0 saturated carbocycles. The van der Waals surface area contributed by atoms with Gasteiger partial charge in [-0.25, -0.2) is 4.79 Å². The van der Waals surface area contributed by atoms with Crippen LogP contribution < -0.4 is 5.32 Å². The van der Waals surface area contributed by atoms with Crippen molar-refractivity contribution < 1.29 is 9.59 Å². The average Bonchev–Trinajstić information content (AvgIpc) is 2.87. The number of nitrogens with one attached hydrogen (secondary N) is 1. The van der Waals surface area contributed by atoms with Crippen LogP contribution in [-0.4, -0.2) is 54.0 Å². The Bertz CT molecular complexity index is 593. The molecule has 3 rings (SSSR count). The molecule has 0 radical (unpaired) electrons. The molecule has 2 aliphatic rings. The summed E-state index contributed by atoms with van der Waals surface area (Å²) in [5.74, 6) is 0.0639. The summed E-state index contributed by atoms with van der Waals surface area (Å²) >= 11 is 5.99. The lowest BCUT2D eigenvalue weighted by atomic mass is 9.99. The van der Waals surface area contributed by atoms with Gasteiger partial charge in [-0.2, -0.15) is 0 Å². The molecule has 22 heavy (non-hydrogen) atoms. The Morgan fingerprint density at radius 1 is 1.45 bits per heavy atom. The van der Waals surface area contributed by atoms with Gasteiger partial charge in [0.2, 0.25) is 5.91 Å². The van der Waals surface area contributed by atoms with Crippen molar-refractivity contribution in [2.24, 2.45) is 5.92 Å². The highest BCUT2D eigenvalue weighted by Crippen LogP contribution is 2.19. The first-order valence-corrected chi connectivity index (χ1v) is 8.00. The zero-order chi connectivity index (χ0) is 15.7. The lowest BCUT2D eigenvalue weighted by molar-refractivity contribution is -0.137. The van der Waals surface area contributed by atoms with Crippen LogP contribution in [0.15, 0.2) is 24.3 Å². The fraction of sp³-hybridized carbons (Fsp3) is 0.500. The van der Waals surface area contributed by atoms with Gasteiger partial charge in [0, 0.05) is 37.1 Å². The van der Waals surface area contributed by atoms with Gasteiger partial charge in [0.25, 0.3) is 0 Å². The fourth-order valence-electron chi connectivity index (χ4n) is 3.22. The van der Waals surface area contributed by atoms with Crippen LogP contribution in [0.3, 0.4) is 0 Å². The number of nitrogens with zero attached hydrogens (tertiary/aromatic N) is 2. The topological polar surface area (TPSA) is 52.7 Å². The van der Waals surface area contributed by atoms with Gasteiger partial charge in [-0.15, -0.1) is 0 Å². The van der Waals surface area contributed by atoms with Crippen LogP contribution in [0.5, 0.6) is 0 Å². The monoisotopic (exact) mass is 321 g/mol. The number of halogens is 1. The largest absolute Gasteiger partial charge is 0.339 e. The van der Waals surface area contributed by atoms with Gasteiger partial charge in [0.15, 0.2) is 0 Å². The molecular formula is C16H20ClN3O2. The molecule has 0 unspecified atom stereocenters. The van der Waals surface area contributed by atoms with Crippen molar-refractivity contribution in [2.45, 2.75) is 19.4 Å². The van der Waals surface area contributed by atoms with E-state index in [4.69, 9.17) is 11.6 Å². The molecule has 0 bridgehead atoms. The summed E-state index contributed by atoms with van der Waals surface area (Å²) in [6.07, 6.45) is 0.682. The van der Waals surface area contributed by atoms with Crippen LogP contribution in [0, 0.1) is 5.92 Å². The number of benzene rings is 1. The number of piperazine rings is 1. The predicted molar refractivity (Wildman–Crippen MR) is 84.8 cm³/mol. The second-order valence-corrected chi connectivity index (χ2v) is 6.49. The van der Waals surface area contributed by atoms with Gasteiger partial charge < -0.3 is 15.1 Å². The predicted octanol–water partition coefficient (Wildman–Crippen LogP) is 1.75. The van der Waals surface area contributed by atoms with E-state index in [1.807, 2.05) is 41.0 Å². The van der Waals surface area contributed by atoms with Crippen LogP contribution in [0.4, 0.5) is 4.79 Å². The minimum atomic E-state index is -0.0879. The van der Waals surface area contributed by atoms with Gasteiger partial charge in [-0.3, -0.25) is 4.79 Å². The van der Waals surface area contributed by atoms with Crippen molar-refractivity contribution in [3.63, 3.8) is 0 Å². The number of hydrogen-bond acceptors (Lipinski definition) is 2. The quantitative estimate of drug-likeness (QED) is 0.922. The van der Waals surface area contributed by atoms with E-state index in [2.05, 4.69) is 5.32 Å². The molecule has 0 aliphatic carbocycles. The van der Waals surface area contributed by atoms with Crippen LogP contribution >= 0.6 is 11.6 Å². The Balaban J connectivity index is 1.60. The Hall–Kier alpha value is -1.75. The molecule has 118 valence electrons. The maximum atomic E-state index is 12.6. The third-order valence-corrected chi connectivity index (χ3v) is 4.63. The van der Waals surface area contributed by atoms with E-state index < -0.39 is 0 Å². The molecule has 2 atom stereocenters. The zero-order valence-corrected chi connectivity index (χ0v) is 13.3. The molecule has 1 N–H and O–H groups in total. The third kappa shape index (κ3) is 3.04. The van der Waals surface area contributed by atoms with Crippen LogP contribution in [0.2, 0.25) is 5.02 Å². The van der Waals surface area contributed by atoms with E-state index in [9.17, 15) is 9.59 Å². The molecule has 2 fully saturated rings. The number of carbonyl (C=O) groups excluding carboxylic acids is 2. The van der Waals surface area contributed by atoms with Crippen molar-refractivity contribution in [3.8, 4) is 0 Å². The number of urea groups is 1. The summed E-state index contributed by atoms with van der Waals surface area (Å²) < 4.78 is 0. The molecule has 0 aromatic heterocycles. The maximum absolute atomic E-state index is 12.6. The van der Waals surface area contributed by atoms with Gasteiger partial charge >= 0.3 is 6.03 Å². The van der Waals surface area contributed by atoms with E-state index in [1.54, 1.807) is 0 Å². The van der Waals surface area contributed by atoms with Crippen molar-refractivity contribution in [2.75, 3.05) is 26.2 Å². The van der Waals surface area contributed by atoms with E-state index in [0.29, 0.717) is 37.6 Å². The number of rotatable bonds is 3. The highest BCUT2D eigenvalue weighted by Gasteiger charge is 2.37. The highest BCUT2D eigenvalue weighted by atomic mass is 35.5. The minimum Gasteiger partial charge on any atom is -0.339 e. The molecule has 2 heterocycles. The first kappa shape index (κ1) is 15.2. The van der Waals surface area contributed by atoms with E-state index >= 15 is 0 Å². The molecule has 3 amide bonds. The molecular weight excluding hydrogens is 302 g/mol. The van der Waals surface area contributed by atoms with E-state index in [0.717, 1.165) is 5.56 Å². The van der Waals surface area contributed by atoms with Gasteiger partial charge in [-0.05, 0) is 24.1 Å². The van der Waals surface area contributed by atoms with Crippen LogP contribution in [0.1, 0.15) is 12.5 Å². The molecule has 1 aromatic rings. The van der Waals surface area contributed by atoms with Crippen LogP contribution in [-0.2, 0) is 11.2 Å². The Labute approximate surface area is 135 Å². The standard InChI is InChI=1S/C16H20ClN3O2/c1-11(7-12-3-2-4-13(17)8-12)15(21)19-5-6-20-14(10-19)9-18-16(20)22/h2-4,8,11,14H,5-7,9-10H2,1H3,(H,18,22)/t11-,14-/m1/s1. The summed E-state index contributed by atoms with van der Waals surface area (Å²) in [7, 11) is 0. The molecule has 2 saturated heterocycles. The SMILES string of the molecule is C[C@H](Cc1cccc(Cl)c1)C(=O)N1CCN2C(=O)NC[C@@H]2C1. The lowest BCUT2D eigenvalue weighted by Gasteiger charge is -2.37. The van der Waals surface area contributed by atoms with Crippen molar-refractivity contribution >= 4 is 23.5 Å². The molecule has 2 aliphatic heterocycles. The number of carbonyl (C=O) groups is 2. The minimum absolute atomic E-state index is 0.0101. The Kier molecular flexibility index (Phi) is 4.25. The fourth-order valence-corrected chi connectivity index (χ4v) is 3.43. The van der Waals surface area contributed by atoms with Gasteiger partial charge in [0.1, 0.15) is 0 Å². The zero-order valence-electron chi connectivity index (χ0n) is 12.6. The lowest BCUT2D eigenvalue weighted by Crippen LogP contribution is -2.54. The Morgan fingerprint density at radius 2 is 2.27 bits per heavy atom. The normalized spacial score (nSPS) is 22.3. The third-order valence-electron chi connectivity index (χ3n) is 4.40. The summed E-state index contributed by atoms with van der Waals surface area (Å²) in [6, 6.07) is 7.74. The smallest absolute Gasteiger partial charge is 0.317 e. The summed E-state index contributed by atoms with van der Waals surface area (Å²) in [4.78, 5) is 27.9. The van der Waals surface area contributed by atoms with Crippen molar-refractivity contribution in [1.82, 2.24) is 15.1 Å². The number of hydrogen-bond donors (Lipinski definition) is 1. The summed E-state index contributed by atoms with van der Waals surface area (Å²) in [5.41, 5.74) is 1.07. The molecule has 6 heteroatoms. The van der Waals surface area contributed by atoms with Gasteiger partial charge in [-0.1, -0.05) is 30.7 Å². The van der Waals surface area contributed by atoms with Gasteiger partial charge in [0.05, 0.1) is 6.04 Å². The highest BCUT2D eigenvalue weighted by molar-refractivity contribution is 6.30. The number of fused-ring (bicyclic) bond motifs is 1. The average molecular weight is 322 g/mol. The number of amides is 3. The first-order chi connectivity index (χ1) is 10.5. The van der Waals surface area contributed by atoms with Crippen molar-refractivity contribution in [1.29, 1.82) is 0 Å².